The van der Waals surface area contributed by atoms with Gasteiger partial charge in [-0.15, -0.1) is 11.3 Å². The SMILES string of the molecule is CCOC(=O)N=NC(=O)OCC.NCc1cc2c(Oc3ccc(Cl)cc3)cncc2s1. The molecule has 9 nitrogen and oxygen atoms in total. The third kappa shape index (κ3) is 7.93. The van der Waals surface area contributed by atoms with E-state index in [1.165, 1.54) is 0 Å². The first kappa shape index (κ1) is 24.2. The molecule has 164 valence electrons. The lowest BCUT2D eigenvalue weighted by Gasteiger charge is -2.06. The van der Waals surface area contributed by atoms with Gasteiger partial charge in [-0.05, 0) is 44.2 Å². The molecule has 0 aliphatic carbocycles. The first-order valence-corrected chi connectivity index (χ1v) is 10.4. The maximum atomic E-state index is 10.5. The Morgan fingerprint density at radius 1 is 1.06 bits per heavy atom. The average molecular weight is 465 g/mol. The molecule has 2 heterocycles. The van der Waals surface area contributed by atoms with E-state index in [9.17, 15) is 9.59 Å². The highest BCUT2D eigenvalue weighted by atomic mass is 35.5. The minimum Gasteiger partial charge on any atom is -0.455 e. The summed E-state index contributed by atoms with van der Waals surface area (Å²) in [6.07, 6.45) is 1.74. The van der Waals surface area contributed by atoms with Crippen LogP contribution in [0, 0.1) is 0 Å². The first-order chi connectivity index (χ1) is 15.0. The van der Waals surface area contributed by atoms with Gasteiger partial charge in [0.1, 0.15) is 5.75 Å². The van der Waals surface area contributed by atoms with Crippen LogP contribution in [-0.2, 0) is 16.0 Å². The summed E-state index contributed by atoms with van der Waals surface area (Å²) < 4.78 is 15.7. The summed E-state index contributed by atoms with van der Waals surface area (Å²) in [5.41, 5.74) is 5.67. The van der Waals surface area contributed by atoms with Crippen molar-refractivity contribution < 1.29 is 23.8 Å². The number of amides is 2. The third-order valence-electron chi connectivity index (χ3n) is 3.45. The van der Waals surface area contributed by atoms with E-state index < -0.39 is 12.2 Å². The topological polar surface area (TPSA) is 125 Å². The molecule has 0 atom stereocenters. The molecule has 2 N–H and O–H groups in total. The number of benzene rings is 1. The summed E-state index contributed by atoms with van der Waals surface area (Å²) in [4.78, 5) is 26.2. The van der Waals surface area contributed by atoms with Crippen molar-refractivity contribution in [2.24, 2.45) is 16.0 Å². The lowest BCUT2D eigenvalue weighted by atomic mass is 10.3. The van der Waals surface area contributed by atoms with Crippen molar-refractivity contribution in [1.82, 2.24) is 4.98 Å². The van der Waals surface area contributed by atoms with E-state index >= 15 is 0 Å². The van der Waals surface area contributed by atoms with Gasteiger partial charge in [0.05, 0.1) is 24.1 Å². The van der Waals surface area contributed by atoms with Gasteiger partial charge < -0.3 is 19.9 Å². The fraction of sp³-hybridized carbons (Fsp3) is 0.250. The molecule has 0 aliphatic rings. The van der Waals surface area contributed by atoms with Gasteiger partial charge in [-0.25, -0.2) is 9.59 Å². The van der Waals surface area contributed by atoms with Gasteiger partial charge in [0.15, 0.2) is 5.75 Å². The van der Waals surface area contributed by atoms with Gasteiger partial charge in [-0.2, -0.15) is 0 Å². The molecule has 1 aromatic carbocycles. The number of rotatable bonds is 5. The summed E-state index contributed by atoms with van der Waals surface area (Å²) in [6.45, 7) is 4.16. The number of azo groups is 1. The lowest BCUT2D eigenvalue weighted by molar-refractivity contribution is 0.152. The maximum absolute atomic E-state index is 10.5. The Balaban J connectivity index is 0.000000248. The molecule has 11 heteroatoms. The van der Waals surface area contributed by atoms with E-state index in [0.717, 1.165) is 26.5 Å². The quantitative estimate of drug-likeness (QED) is 0.462. The normalized spacial score (nSPS) is 10.5. The number of fused-ring (bicyclic) bond motifs is 1. The second-order valence-corrected chi connectivity index (χ2v) is 7.22. The van der Waals surface area contributed by atoms with Gasteiger partial charge in [-0.1, -0.05) is 21.8 Å². The summed E-state index contributed by atoms with van der Waals surface area (Å²) in [6, 6.07) is 9.30. The predicted molar refractivity (Wildman–Crippen MR) is 118 cm³/mol. The van der Waals surface area contributed by atoms with E-state index in [2.05, 4.69) is 24.7 Å². The van der Waals surface area contributed by atoms with Crippen molar-refractivity contribution in [3.63, 3.8) is 0 Å². The molecule has 2 aromatic heterocycles. The van der Waals surface area contributed by atoms with Crippen LogP contribution in [0.5, 0.6) is 11.5 Å². The van der Waals surface area contributed by atoms with Crippen molar-refractivity contribution in [3.8, 4) is 11.5 Å². The lowest BCUT2D eigenvalue weighted by Crippen LogP contribution is -2.00. The van der Waals surface area contributed by atoms with Crippen LogP contribution in [0.1, 0.15) is 18.7 Å². The van der Waals surface area contributed by atoms with E-state index in [0.29, 0.717) is 11.6 Å². The van der Waals surface area contributed by atoms with Gasteiger partial charge in [0, 0.05) is 28.0 Å². The predicted octanol–water partition coefficient (Wildman–Crippen LogP) is 5.95. The maximum Gasteiger partial charge on any atom is 0.452 e. The third-order valence-corrected chi connectivity index (χ3v) is 4.80. The van der Waals surface area contributed by atoms with Crippen LogP contribution in [0.25, 0.3) is 10.1 Å². The molecular formula is C20H21ClN4O5S. The summed E-state index contributed by atoms with van der Waals surface area (Å²) in [5.74, 6) is 1.47. The van der Waals surface area contributed by atoms with Crippen LogP contribution in [-0.4, -0.2) is 30.4 Å². The molecule has 0 unspecified atom stereocenters. The molecule has 0 saturated heterocycles. The number of thiophene rings is 1. The highest BCUT2D eigenvalue weighted by molar-refractivity contribution is 7.19. The minimum atomic E-state index is -0.898. The zero-order valence-corrected chi connectivity index (χ0v) is 18.5. The molecular weight excluding hydrogens is 444 g/mol. The molecule has 0 aliphatic heterocycles. The molecule has 3 rings (SSSR count). The number of pyridine rings is 1. The molecule has 0 spiro atoms. The largest absolute Gasteiger partial charge is 0.455 e. The van der Waals surface area contributed by atoms with Crippen molar-refractivity contribution in [2.45, 2.75) is 20.4 Å². The zero-order chi connectivity index (χ0) is 22.6. The smallest absolute Gasteiger partial charge is 0.452 e. The minimum absolute atomic E-state index is 0.195. The summed E-state index contributed by atoms with van der Waals surface area (Å²) >= 11 is 7.49. The number of hydrogen-bond acceptors (Lipinski definition) is 8. The van der Waals surface area contributed by atoms with E-state index in [-0.39, 0.29) is 13.2 Å². The number of hydrogen-bond donors (Lipinski definition) is 1. The molecule has 0 fully saturated rings. The number of aromatic nitrogens is 1. The molecule has 0 bridgehead atoms. The summed E-state index contributed by atoms with van der Waals surface area (Å²) in [7, 11) is 0. The highest BCUT2D eigenvalue weighted by Gasteiger charge is 2.08. The van der Waals surface area contributed by atoms with E-state index in [4.69, 9.17) is 22.1 Å². The Morgan fingerprint density at radius 2 is 1.68 bits per heavy atom. The zero-order valence-electron chi connectivity index (χ0n) is 16.9. The van der Waals surface area contributed by atoms with E-state index in [1.807, 2.05) is 24.4 Å². The Labute approximate surface area is 187 Å². The van der Waals surface area contributed by atoms with Crippen LogP contribution in [0.15, 0.2) is 53.0 Å². The van der Waals surface area contributed by atoms with E-state index in [1.54, 1.807) is 43.5 Å². The van der Waals surface area contributed by atoms with Gasteiger partial charge in [0.2, 0.25) is 0 Å². The van der Waals surface area contributed by atoms with Crippen molar-refractivity contribution in [2.75, 3.05) is 13.2 Å². The number of nitrogens with two attached hydrogens (primary N) is 1. The van der Waals surface area contributed by atoms with Crippen molar-refractivity contribution in [3.05, 3.63) is 52.6 Å². The van der Waals surface area contributed by atoms with Crippen LogP contribution in [0.3, 0.4) is 0 Å². The van der Waals surface area contributed by atoms with Gasteiger partial charge >= 0.3 is 12.2 Å². The van der Waals surface area contributed by atoms with Crippen LogP contribution < -0.4 is 10.5 Å². The fourth-order valence-electron chi connectivity index (χ4n) is 2.19. The number of ether oxygens (including phenoxy) is 3. The van der Waals surface area contributed by atoms with Crippen LogP contribution in [0.4, 0.5) is 9.59 Å². The number of carbonyl (C=O) groups excluding carboxylic acids is 2. The molecule has 2 amide bonds. The number of halogens is 1. The Morgan fingerprint density at radius 3 is 2.23 bits per heavy atom. The van der Waals surface area contributed by atoms with Crippen molar-refractivity contribution in [1.29, 1.82) is 0 Å². The van der Waals surface area contributed by atoms with Gasteiger partial charge in [-0.3, -0.25) is 4.98 Å². The van der Waals surface area contributed by atoms with Crippen LogP contribution in [0.2, 0.25) is 5.02 Å². The molecule has 3 aromatic rings. The highest BCUT2D eigenvalue weighted by Crippen LogP contribution is 2.34. The Bertz CT molecular complexity index is 1020. The Kier molecular flexibility index (Phi) is 9.82. The molecule has 0 radical (unpaired) electrons. The molecule has 31 heavy (non-hydrogen) atoms. The summed E-state index contributed by atoms with van der Waals surface area (Å²) in [5, 5.41) is 7.57. The average Bonchev–Trinajstić information content (AvgIpc) is 3.19. The van der Waals surface area contributed by atoms with Gasteiger partial charge in [0.25, 0.3) is 0 Å². The second-order valence-electron chi connectivity index (χ2n) is 5.62. The molecule has 0 saturated carbocycles. The fourth-order valence-corrected chi connectivity index (χ4v) is 3.24. The van der Waals surface area contributed by atoms with Crippen molar-refractivity contribution >= 4 is 45.2 Å². The Hall–Kier alpha value is -3.08. The number of carbonyl (C=O) groups is 2. The first-order valence-electron chi connectivity index (χ1n) is 9.22. The van der Waals surface area contributed by atoms with Crippen LogP contribution >= 0.6 is 22.9 Å². The monoisotopic (exact) mass is 464 g/mol. The standard InChI is InChI=1S/C14H11ClN2OS.C6H10N2O4/c15-9-1-3-10(4-2-9)18-13-7-17-8-14-12(13)5-11(6-16)19-14;1-3-11-5(9)7-8-6(10)12-4-2/h1-5,7-8H,6,16H2;3-4H2,1-2H3. The number of nitrogens with zero attached hydrogens (tertiary/aromatic N) is 3. The second kappa shape index (κ2) is 12.6.